The van der Waals surface area contributed by atoms with Crippen LogP contribution in [0, 0.1) is 0 Å². The molecule has 0 spiro atoms. The van der Waals surface area contributed by atoms with Crippen LogP contribution in [0.15, 0.2) is 48.5 Å². The Morgan fingerprint density at radius 2 is 1.85 bits per heavy atom. The molecule has 0 atom stereocenters. The third kappa shape index (κ3) is 1.52. The molecule has 0 aliphatic carbocycles. The summed E-state index contributed by atoms with van der Waals surface area (Å²) in [6.45, 7) is 0. The molecule has 0 radical (unpaired) electrons. The van der Waals surface area contributed by atoms with Crippen molar-refractivity contribution in [2.24, 2.45) is 0 Å². The molecular formula is C17H11ClO2. The third-order valence-corrected chi connectivity index (χ3v) is 3.87. The number of benzene rings is 3. The number of halogens is 1. The summed E-state index contributed by atoms with van der Waals surface area (Å²) in [7, 11) is 1.68. The van der Waals surface area contributed by atoms with E-state index in [1.165, 1.54) is 0 Å². The van der Waals surface area contributed by atoms with Crippen LogP contribution in [0.1, 0.15) is 0 Å². The average Bonchev–Trinajstić information content (AvgIpc) is 2.47. The summed E-state index contributed by atoms with van der Waals surface area (Å²) >= 11 is 6.05. The van der Waals surface area contributed by atoms with E-state index >= 15 is 0 Å². The van der Waals surface area contributed by atoms with Crippen LogP contribution in [0.5, 0.6) is 17.2 Å². The van der Waals surface area contributed by atoms with E-state index in [2.05, 4.69) is 6.07 Å². The first-order valence-electron chi connectivity index (χ1n) is 6.35. The largest absolute Gasteiger partial charge is 0.496 e. The molecule has 0 fully saturated rings. The Morgan fingerprint density at radius 3 is 2.70 bits per heavy atom. The fourth-order valence-electron chi connectivity index (χ4n) is 2.76. The van der Waals surface area contributed by atoms with Crippen molar-refractivity contribution in [1.29, 1.82) is 0 Å². The molecule has 0 unspecified atom stereocenters. The Kier molecular flexibility index (Phi) is 2.41. The highest BCUT2D eigenvalue weighted by molar-refractivity contribution is 6.31. The van der Waals surface area contributed by atoms with Crippen LogP contribution in [-0.2, 0) is 0 Å². The predicted octanol–water partition coefficient (Wildman–Crippen LogP) is 5.27. The summed E-state index contributed by atoms with van der Waals surface area (Å²) in [6, 6.07) is 15.8. The lowest BCUT2D eigenvalue weighted by Gasteiger charge is -2.22. The summed E-state index contributed by atoms with van der Waals surface area (Å²) in [4.78, 5) is 0. The fourth-order valence-corrected chi connectivity index (χ4v) is 2.92. The Bertz CT molecular complexity index is 840. The SMILES string of the molecule is COc1ccc2c3c(cccc13)-c1ccc(Cl)cc1O2. The zero-order valence-corrected chi connectivity index (χ0v) is 11.6. The summed E-state index contributed by atoms with van der Waals surface area (Å²) in [5, 5.41) is 2.82. The van der Waals surface area contributed by atoms with Gasteiger partial charge in [-0.05, 0) is 29.8 Å². The van der Waals surface area contributed by atoms with Crippen molar-refractivity contribution in [3.05, 3.63) is 53.6 Å². The van der Waals surface area contributed by atoms with Gasteiger partial charge >= 0.3 is 0 Å². The summed E-state index contributed by atoms with van der Waals surface area (Å²) in [6.07, 6.45) is 0. The van der Waals surface area contributed by atoms with Crippen LogP contribution in [0.3, 0.4) is 0 Å². The molecule has 4 rings (SSSR count). The van der Waals surface area contributed by atoms with Gasteiger partial charge in [-0.15, -0.1) is 0 Å². The van der Waals surface area contributed by atoms with Crippen molar-refractivity contribution in [2.45, 2.75) is 0 Å². The smallest absolute Gasteiger partial charge is 0.136 e. The first kappa shape index (κ1) is 11.6. The van der Waals surface area contributed by atoms with Gasteiger partial charge in [0, 0.05) is 27.4 Å². The molecule has 2 nitrogen and oxygen atoms in total. The van der Waals surface area contributed by atoms with Crippen LogP contribution in [-0.4, -0.2) is 7.11 Å². The van der Waals surface area contributed by atoms with E-state index in [9.17, 15) is 0 Å². The van der Waals surface area contributed by atoms with Crippen molar-refractivity contribution in [3.8, 4) is 28.4 Å². The molecule has 3 heteroatoms. The molecule has 20 heavy (non-hydrogen) atoms. The highest BCUT2D eigenvalue weighted by atomic mass is 35.5. The van der Waals surface area contributed by atoms with E-state index in [-0.39, 0.29) is 0 Å². The van der Waals surface area contributed by atoms with Crippen LogP contribution in [0.2, 0.25) is 5.02 Å². The van der Waals surface area contributed by atoms with Crippen LogP contribution < -0.4 is 9.47 Å². The molecule has 3 aromatic carbocycles. The van der Waals surface area contributed by atoms with E-state index in [0.29, 0.717) is 5.02 Å². The van der Waals surface area contributed by atoms with Crippen molar-refractivity contribution in [3.63, 3.8) is 0 Å². The van der Waals surface area contributed by atoms with E-state index in [1.807, 2.05) is 42.5 Å². The van der Waals surface area contributed by atoms with Crippen molar-refractivity contribution in [2.75, 3.05) is 7.11 Å². The van der Waals surface area contributed by atoms with Crippen LogP contribution in [0.25, 0.3) is 21.9 Å². The third-order valence-electron chi connectivity index (χ3n) is 3.64. The maximum Gasteiger partial charge on any atom is 0.136 e. The van der Waals surface area contributed by atoms with Crippen molar-refractivity contribution < 1.29 is 9.47 Å². The lowest BCUT2D eigenvalue weighted by Crippen LogP contribution is -1.98. The van der Waals surface area contributed by atoms with Crippen LogP contribution in [0.4, 0.5) is 0 Å². The first-order valence-corrected chi connectivity index (χ1v) is 6.73. The minimum absolute atomic E-state index is 0.674. The maximum atomic E-state index is 6.05. The molecule has 0 bridgehead atoms. The predicted molar refractivity (Wildman–Crippen MR) is 81.0 cm³/mol. The second-order valence-corrected chi connectivity index (χ2v) is 5.17. The molecule has 0 aromatic heterocycles. The Balaban J connectivity index is 2.13. The second-order valence-electron chi connectivity index (χ2n) is 4.74. The Morgan fingerprint density at radius 1 is 0.950 bits per heavy atom. The standard InChI is InChI=1S/C17H11ClO2/c1-19-14-7-8-15-17-12(3-2-4-13(14)17)11-6-5-10(18)9-16(11)20-15/h2-9H,1H3. The van der Waals surface area contributed by atoms with E-state index in [4.69, 9.17) is 21.1 Å². The molecule has 0 saturated heterocycles. The molecule has 0 saturated carbocycles. The number of fused-ring (bicyclic) bond motifs is 2. The lowest BCUT2D eigenvalue weighted by atomic mass is 9.94. The Hall–Kier alpha value is -2.19. The highest BCUT2D eigenvalue weighted by Crippen LogP contribution is 2.48. The summed E-state index contributed by atoms with van der Waals surface area (Å²) in [5.74, 6) is 2.49. The molecule has 1 aliphatic rings. The topological polar surface area (TPSA) is 18.5 Å². The van der Waals surface area contributed by atoms with Gasteiger partial charge in [0.15, 0.2) is 0 Å². The summed E-state index contributed by atoms with van der Waals surface area (Å²) < 4.78 is 11.4. The first-order chi connectivity index (χ1) is 9.78. The molecule has 0 N–H and O–H groups in total. The van der Waals surface area contributed by atoms with Gasteiger partial charge in [-0.25, -0.2) is 0 Å². The van der Waals surface area contributed by atoms with Gasteiger partial charge in [0.2, 0.25) is 0 Å². The number of methoxy groups -OCH3 is 1. The van der Waals surface area contributed by atoms with Crippen molar-refractivity contribution >= 4 is 22.4 Å². The highest BCUT2D eigenvalue weighted by Gasteiger charge is 2.21. The molecule has 3 aromatic rings. The van der Waals surface area contributed by atoms with Gasteiger partial charge in [-0.1, -0.05) is 29.8 Å². The Labute approximate surface area is 121 Å². The monoisotopic (exact) mass is 282 g/mol. The number of rotatable bonds is 1. The quantitative estimate of drug-likeness (QED) is 0.473. The molecule has 1 aliphatic heterocycles. The van der Waals surface area contributed by atoms with Crippen LogP contribution >= 0.6 is 11.6 Å². The van der Waals surface area contributed by atoms with Gasteiger partial charge in [-0.2, -0.15) is 0 Å². The molecule has 1 heterocycles. The van der Waals surface area contributed by atoms with Crippen molar-refractivity contribution in [1.82, 2.24) is 0 Å². The van der Waals surface area contributed by atoms with Gasteiger partial charge in [0.05, 0.1) is 7.11 Å². The zero-order valence-electron chi connectivity index (χ0n) is 10.8. The number of hydrogen-bond donors (Lipinski definition) is 0. The van der Waals surface area contributed by atoms with E-state index in [0.717, 1.165) is 39.1 Å². The minimum Gasteiger partial charge on any atom is -0.496 e. The molecule has 0 amide bonds. The number of ether oxygens (including phenoxy) is 2. The molecular weight excluding hydrogens is 272 g/mol. The normalized spacial score (nSPS) is 11.9. The van der Waals surface area contributed by atoms with Gasteiger partial charge in [0.1, 0.15) is 17.2 Å². The minimum atomic E-state index is 0.674. The van der Waals surface area contributed by atoms with E-state index < -0.39 is 0 Å². The number of hydrogen-bond acceptors (Lipinski definition) is 2. The van der Waals surface area contributed by atoms with Gasteiger partial charge < -0.3 is 9.47 Å². The maximum absolute atomic E-state index is 6.05. The zero-order chi connectivity index (χ0) is 13.7. The fraction of sp³-hybridized carbons (Fsp3) is 0.0588. The second kappa shape index (κ2) is 4.15. The van der Waals surface area contributed by atoms with E-state index in [1.54, 1.807) is 7.11 Å². The lowest BCUT2D eigenvalue weighted by molar-refractivity contribution is 0.418. The van der Waals surface area contributed by atoms with Gasteiger partial charge in [0.25, 0.3) is 0 Å². The van der Waals surface area contributed by atoms with Gasteiger partial charge in [-0.3, -0.25) is 0 Å². The summed E-state index contributed by atoms with van der Waals surface area (Å²) in [5.41, 5.74) is 2.20. The average molecular weight is 283 g/mol. The molecule has 98 valence electrons.